The zero-order valence-electron chi connectivity index (χ0n) is 11.3. The Morgan fingerprint density at radius 1 is 1.30 bits per heavy atom. The lowest BCUT2D eigenvalue weighted by atomic mass is 10.1. The molecule has 1 heterocycles. The van der Waals surface area contributed by atoms with Gasteiger partial charge in [-0.2, -0.15) is 0 Å². The van der Waals surface area contributed by atoms with Crippen LogP contribution in [0.1, 0.15) is 39.1 Å². The largest absolute Gasteiger partial charge is 0.494 e. The van der Waals surface area contributed by atoms with Crippen molar-refractivity contribution >= 4 is 43.2 Å². The maximum absolute atomic E-state index is 5.77. The summed E-state index contributed by atoms with van der Waals surface area (Å²) < 4.78 is 6.85. The lowest BCUT2D eigenvalue weighted by Gasteiger charge is -2.15. The molecule has 4 heteroatoms. The number of thiophene rings is 1. The third-order valence-electron chi connectivity index (χ3n) is 3.56. The van der Waals surface area contributed by atoms with Gasteiger partial charge in [0.25, 0.3) is 0 Å². The molecular formula is C16H16Br2OS. The predicted octanol–water partition coefficient (Wildman–Crippen LogP) is 5.88. The SMILES string of the molecule is CCOc1ccc(Br)cc1C(Br)c1cc2c(s1)CCC2. The van der Waals surface area contributed by atoms with Crippen LogP contribution in [0, 0.1) is 0 Å². The molecule has 0 radical (unpaired) electrons. The van der Waals surface area contributed by atoms with Gasteiger partial charge in [-0.15, -0.1) is 11.3 Å². The van der Waals surface area contributed by atoms with Crippen LogP contribution in [-0.4, -0.2) is 6.61 Å². The van der Waals surface area contributed by atoms with E-state index in [1.165, 1.54) is 29.7 Å². The minimum absolute atomic E-state index is 0.206. The molecule has 3 rings (SSSR count). The van der Waals surface area contributed by atoms with Crippen LogP contribution in [0.5, 0.6) is 5.75 Å². The summed E-state index contributed by atoms with van der Waals surface area (Å²) in [5, 5.41) is 0. The Morgan fingerprint density at radius 2 is 2.15 bits per heavy atom. The fraction of sp³-hybridized carbons (Fsp3) is 0.375. The normalized spacial score (nSPS) is 15.2. The highest BCUT2D eigenvalue weighted by atomic mass is 79.9. The summed E-state index contributed by atoms with van der Waals surface area (Å²) in [4.78, 5) is 3.16. The number of halogens is 2. The minimum atomic E-state index is 0.206. The van der Waals surface area contributed by atoms with Crippen LogP contribution in [0.25, 0.3) is 0 Å². The molecule has 20 heavy (non-hydrogen) atoms. The Morgan fingerprint density at radius 3 is 2.90 bits per heavy atom. The van der Waals surface area contributed by atoms with Gasteiger partial charge in [0.05, 0.1) is 11.4 Å². The summed E-state index contributed by atoms with van der Waals surface area (Å²) in [5.41, 5.74) is 2.74. The van der Waals surface area contributed by atoms with Gasteiger partial charge in [0.2, 0.25) is 0 Å². The molecule has 1 aliphatic rings. The smallest absolute Gasteiger partial charge is 0.124 e. The molecule has 106 valence electrons. The van der Waals surface area contributed by atoms with Gasteiger partial charge in [-0.05, 0) is 56.0 Å². The highest BCUT2D eigenvalue weighted by molar-refractivity contribution is 9.10. The molecule has 0 N–H and O–H groups in total. The maximum atomic E-state index is 5.77. The van der Waals surface area contributed by atoms with Gasteiger partial charge in [-0.1, -0.05) is 31.9 Å². The summed E-state index contributed by atoms with van der Waals surface area (Å²) in [6.07, 6.45) is 3.80. The number of fused-ring (bicyclic) bond motifs is 1. The van der Waals surface area contributed by atoms with Gasteiger partial charge < -0.3 is 4.74 Å². The second-order valence-corrected chi connectivity index (χ2v) is 7.93. The van der Waals surface area contributed by atoms with Crippen LogP contribution in [0.4, 0.5) is 0 Å². The Kier molecular flexibility index (Phi) is 4.53. The van der Waals surface area contributed by atoms with E-state index >= 15 is 0 Å². The highest BCUT2D eigenvalue weighted by Crippen LogP contribution is 2.43. The van der Waals surface area contributed by atoms with Crippen molar-refractivity contribution in [3.8, 4) is 5.75 Å². The average Bonchev–Trinajstić information content (AvgIpc) is 3.01. The molecule has 0 aliphatic heterocycles. The van der Waals surface area contributed by atoms with Crippen molar-refractivity contribution in [3.05, 3.63) is 49.6 Å². The molecule has 0 amide bonds. The molecular weight excluding hydrogens is 400 g/mol. The Balaban J connectivity index is 1.96. The molecule has 0 spiro atoms. The Labute approximate surface area is 140 Å². The molecule has 2 aromatic rings. The third-order valence-corrected chi connectivity index (χ3v) is 6.64. The van der Waals surface area contributed by atoms with E-state index in [4.69, 9.17) is 4.74 Å². The van der Waals surface area contributed by atoms with E-state index in [-0.39, 0.29) is 4.83 Å². The first-order valence-electron chi connectivity index (χ1n) is 6.87. The van der Waals surface area contributed by atoms with E-state index in [2.05, 4.69) is 44.0 Å². The van der Waals surface area contributed by atoms with E-state index in [0.29, 0.717) is 6.61 Å². The van der Waals surface area contributed by atoms with Crippen molar-refractivity contribution < 1.29 is 4.74 Å². The number of rotatable bonds is 4. The van der Waals surface area contributed by atoms with Crippen LogP contribution in [0.15, 0.2) is 28.7 Å². The number of hydrogen-bond donors (Lipinski definition) is 0. The van der Waals surface area contributed by atoms with Crippen molar-refractivity contribution in [1.29, 1.82) is 0 Å². The van der Waals surface area contributed by atoms with E-state index in [1.807, 2.05) is 30.4 Å². The first-order valence-corrected chi connectivity index (χ1v) is 9.39. The van der Waals surface area contributed by atoms with Crippen LogP contribution in [0.3, 0.4) is 0 Å². The predicted molar refractivity (Wildman–Crippen MR) is 92.4 cm³/mol. The molecule has 1 unspecified atom stereocenters. The molecule has 0 saturated heterocycles. The summed E-state index contributed by atoms with van der Waals surface area (Å²) in [6, 6.07) is 8.58. The van der Waals surface area contributed by atoms with Gasteiger partial charge >= 0.3 is 0 Å². The quantitative estimate of drug-likeness (QED) is 0.566. The lowest BCUT2D eigenvalue weighted by Crippen LogP contribution is -1.99. The first kappa shape index (κ1) is 14.6. The number of alkyl halides is 1. The number of hydrogen-bond acceptors (Lipinski definition) is 2. The fourth-order valence-corrected chi connectivity index (χ4v) is 5.04. The number of benzene rings is 1. The first-order chi connectivity index (χ1) is 9.69. The van der Waals surface area contributed by atoms with Crippen molar-refractivity contribution in [2.75, 3.05) is 6.61 Å². The fourth-order valence-electron chi connectivity index (χ4n) is 2.63. The summed E-state index contributed by atoms with van der Waals surface area (Å²) in [7, 11) is 0. The van der Waals surface area contributed by atoms with Crippen LogP contribution in [-0.2, 0) is 12.8 Å². The highest BCUT2D eigenvalue weighted by Gasteiger charge is 2.22. The summed E-state index contributed by atoms with van der Waals surface area (Å²) >= 11 is 9.36. The molecule has 1 nitrogen and oxygen atoms in total. The molecule has 0 bridgehead atoms. The second-order valence-electron chi connectivity index (χ2n) is 4.93. The zero-order chi connectivity index (χ0) is 14.1. The van der Waals surface area contributed by atoms with Crippen molar-refractivity contribution in [2.45, 2.75) is 31.0 Å². The van der Waals surface area contributed by atoms with Crippen molar-refractivity contribution in [3.63, 3.8) is 0 Å². The third kappa shape index (κ3) is 2.83. The Hall–Kier alpha value is -0.320. The van der Waals surface area contributed by atoms with Crippen molar-refractivity contribution in [2.24, 2.45) is 0 Å². The maximum Gasteiger partial charge on any atom is 0.124 e. The topological polar surface area (TPSA) is 9.23 Å². The van der Waals surface area contributed by atoms with E-state index in [1.54, 1.807) is 10.4 Å². The molecule has 1 atom stereocenters. The van der Waals surface area contributed by atoms with Crippen molar-refractivity contribution in [1.82, 2.24) is 0 Å². The molecule has 0 saturated carbocycles. The van der Waals surface area contributed by atoms with Gasteiger partial charge in [-0.3, -0.25) is 0 Å². The minimum Gasteiger partial charge on any atom is -0.494 e. The van der Waals surface area contributed by atoms with Crippen LogP contribution < -0.4 is 4.74 Å². The monoisotopic (exact) mass is 414 g/mol. The summed E-state index contributed by atoms with van der Waals surface area (Å²) in [6.45, 7) is 2.71. The van der Waals surface area contributed by atoms with E-state index < -0.39 is 0 Å². The Bertz CT molecular complexity index is 599. The van der Waals surface area contributed by atoms with Gasteiger partial charge in [0.15, 0.2) is 0 Å². The lowest BCUT2D eigenvalue weighted by molar-refractivity contribution is 0.337. The number of ether oxygens (including phenoxy) is 1. The van der Waals surface area contributed by atoms with Gasteiger partial charge in [0, 0.05) is 19.8 Å². The van der Waals surface area contributed by atoms with E-state index in [9.17, 15) is 0 Å². The van der Waals surface area contributed by atoms with Crippen LogP contribution >= 0.6 is 43.2 Å². The molecule has 1 aromatic carbocycles. The van der Waals surface area contributed by atoms with E-state index in [0.717, 1.165) is 10.2 Å². The van der Waals surface area contributed by atoms with Gasteiger partial charge in [-0.25, -0.2) is 0 Å². The van der Waals surface area contributed by atoms with Crippen LogP contribution in [0.2, 0.25) is 0 Å². The second kappa shape index (κ2) is 6.20. The zero-order valence-corrected chi connectivity index (χ0v) is 15.3. The molecule has 1 aromatic heterocycles. The van der Waals surface area contributed by atoms with Gasteiger partial charge in [0.1, 0.15) is 5.75 Å². The molecule has 0 fully saturated rings. The molecule has 1 aliphatic carbocycles. The number of aryl methyl sites for hydroxylation is 2. The standard InChI is InChI=1S/C16H16Br2OS/c1-2-19-13-7-6-11(17)9-12(13)16(18)15-8-10-4-3-5-14(10)20-15/h6-9,16H,2-5H2,1H3. The average molecular weight is 416 g/mol. The summed E-state index contributed by atoms with van der Waals surface area (Å²) in [5.74, 6) is 0.964.